The lowest BCUT2D eigenvalue weighted by Gasteiger charge is -2.28. The van der Waals surface area contributed by atoms with E-state index in [2.05, 4.69) is 35.6 Å². The monoisotopic (exact) mass is 381 g/mol. The Labute approximate surface area is 162 Å². The van der Waals surface area contributed by atoms with E-state index in [0.717, 1.165) is 25.6 Å². The van der Waals surface area contributed by atoms with Crippen LogP contribution in [0.2, 0.25) is 6.04 Å². The molecule has 0 radical (unpaired) electrons. The largest absolute Gasteiger partial charge is 0.500 e. The molecular weight excluding hydrogens is 342 g/mol. The Morgan fingerprint density at radius 2 is 1.27 bits per heavy atom. The number of unbranched alkanes of at least 4 members (excludes halogenated alkanes) is 5. The highest BCUT2D eigenvalue weighted by molar-refractivity contribution is 6.60. The van der Waals surface area contributed by atoms with Gasteiger partial charge in [0, 0.05) is 32.4 Å². The summed E-state index contributed by atoms with van der Waals surface area (Å²) in [5.74, 6) is 0. The molecule has 0 amide bonds. The molecular formula is C21H39NO3Si. The standard InChI is InChI=1S/C21H39NO3Si/c1-4-23-26(24-5-2,25-6-3)19-15-10-8-7-9-14-18-22-20-21-16-12-11-13-17-21/h11-13,16-17,22H,4-10,14-15,18-20H2,1-3H3. The van der Waals surface area contributed by atoms with Crippen molar-refractivity contribution >= 4 is 8.80 Å². The maximum atomic E-state index is 5.91. The van der Waals surface area contributed by atoms with Crippen LogP contribution in [0.3, 0.4) is 0 Å². The summed E-state index contributed by atoms with van der Waals surface area (Å²) in [4.78, 5) is 0. The van der Waals surface area contributed by atoms with E-state index in [1.165, 1.54) is 37.7 Å². The molecule has 0 saturated heterocycles. The van der Waals surface area contributed by atoms with Crippen molar-refractivity contribution in [3.05, 3.63) is 35.9 Å². The van der Waals surface area contributed by atoms with Crippen LogP contribution in [-0.4, -0.2) is 35.2 Å². The van der Waals surface area contributed by atoms with E-state index in [4.69, 9.17) is 13.3 Å². The third-order valence-electron chi connectivity index (χ3n) is 4.35. The molecule has 1 rings (SSSR count). The average Bonchev–Trinajstić information content (AvgIpc) is 2.65. The van der Waals surface area contributed by atoms with E-state index in [-0.39, 0.29) is 0 Å². The minimum Gasteiger partial charge on any atom is -0.374 e. The zero-order chi connectivity index (χ0) is 18.9. The molecule has 1 aromatic carbocycles. The Morgan fingerprint density at radius 1 is 0.731 bits per heavy atom. The van der Waals surface area contributed by atoms with E-state index in [9.17, 15) is 0 Å². The Morgan fingerprint density at radius 3 is 1.85 bits per heavy atom. The van der Waals surface area contributed by atoms with Crippen molar-refractivity contribution in [1.82, 2.24) is 5.32 Å². The number of rotatable bonds is 17. The van der Waals surface area contributed by atoms with E-state index in [1.807, 2.05) is 20.8 Å². The van der Waals surface area contributed by atoms with Gasteiger partial charge in [0.25, 0.3) is 0 Å². The normalized spacial score (nSPS) is 11.8. The van der Waals surface area contributed by atoms with E-state index < -0.39 is 8.80 Å². The first kappa shape index (κ1) is 23.3. The first-order valence-corrected chi connectivity index (χ1v) is 12.4. The zero-order valence-electron chi connectivity index (χ0n) is 17.1. The number of hydrogen-bond donors (Lipinski definition) is 1. The SMILES string of the molecule is CCO[Si](CCCCCCCCNCc1ccccc1)(OCC)OCC. The molecule has 4 nitrogen and oxygen atoms in total. The Kier molecular flexibility index (Phi) is 13.8. The maximum Gasteiger partial charge on any atom is 0.500 e. The predicted octanol–water partition coefficient (Wildman–Crippen LogP) is 5.17. The highest BCUT2D eigenvalue weighted by Crippen LogP contribution is 2.20. The molecule has 0 unspecified atom stereocenters. The fourth-order valence-electron chi connectivity index (χ4n) is 3.13. The molecule has 0 bridgehead atoms. The molecule has 0 aliphatic carbocycles. The molecule has 0 saturated carbocycles. The van der Waals surface area contributed by atoms with Gasteiger partial charge in [-0.1, -0.05) is 56.0 Å². The van der Waals surface area contributed by atoms with Gasteiger partial charge in [0.15, 0.2) is 0 Å². The molecule has 26 heavy (non-hydrogen) atoms. The lowest BCUT2D eigenvalue weighted by molar-refractivity contribution is 0.0706. The number of hydrogen-bond acceptors (Lipinski definition) is 4. The Hall–Kier alpha value is -0.723. The summed E-state index contributed by atoms with van der Waals surface area (Å²) in [6, 6.07) is 11.5. The van der Waals surface area contributed by atoms with E-state index >= 15 is 0 Å². The van der Waals surface area contributed by atoms with Gasteiger partial charge in [-0.25, -0.2) is 0 Å². The fraction of sp³-hybridized carbons (Fsp3) is 0.714. The second kappa shape index (κ2) is 15.3. The van der Waals surface area contributed by atoms with Crippen molar-refractivity contribution in [3.8, 4) is 0 Å². The zero-order valence-corrected chi connectivity index (χ0v) is 18.1. The predicted molar refractivity (Wildman–Crippen MR) is 111 cm³/mol. The second-order valence-electron chi connectivity index (χ2n) is 6.52. The molecule has 0 aliphatic rings. The van der Waals surface area contributed by atoms with E-state index in [0.29, 0.717) is 19.8 Å². The minimum atomic E-state index is -2.42. The van der Waals surface area contributed by atoms with Gasteiger partial charge in [-0.05, 0) is 45.7 Å². The summed E-state index contributed by atoms with van der Waals surface area (Å²) in [6.45, 7) is 10.1. The average molecular weight is 382 g/mol. The summed E-state index contributed by atoms with van der Waals surface area (Å²) in [6.07, 6.45) is 7.51. The molecule has 5 heteroatoms. The first-order chi connectivity index (χ1) is 12.8. The summed E-state index contributed by atoms with van der Waals surface area (Å²) >= 11 is 0. The van der Waals surface area contributed by atoms with Crippen LogP contribution in [0, 0.1) is 0 Å². The van der Waals surface area contributed by atoms with Crippen molar-refractivity contribution in [1.29, 1.82) is 0 Å². The molecule has 0 spiro atoms. The smallest absolute Gasteiger partial charge is 0.374 e. The third-order valence-corrected chi connectivity index (χ3v) is 7.50. The second-order valence-corrected chi connectivity index (χ2v) is 9.25. The van der Waals surface area contributed by atoms with Crippen molar-refractivity contribution in [2.45, 2.75) is 71.9 Å². The molecule has 0 heterocycles. The molecule has 150 valence electrons. The van der Waals surface area contributed by atoms with E-state index in [1.54, 1.807) is 0 Å². The van der Waals surface area contributed by atoms with Crippen LogP contribution in [0.5, 0.6) is 0 Å². The highest BCUT2D eigenvalue weighted by atomic mass is 28.4. The summed E-state index contributed by atoms with van der Waals surface area (Å²) in [5.41, 5.74) is 1.36. The van der Waals surface area contributed by atoms with Gasteiger partial charge >= 0.3 is 8.80 Å². The molecule has 0 atom stereocenters. The lowest BCUT2D eigenvalue weighted by atomic mass is 10.1. The fourth-order valence-corrected chi connectivity index (χ4v) is 5.81. The van der Waals surface area contributed by atoms with Crippen LogP contribution in [0.25, 0.3) is 0 Å². The van der Waals surface area contributed by atoms with Crippen molar-refractivity contribution in [2.24, 2.45) is 0 Å². The summed E-state index contributed by atoms with van der Waals surface area (Å²) in [7, 11) is -2.42. The van der Waals surface area contributed by atoms with Crippen LogP contribution < -0.4 is 5.32 Å². The first-order valence-electron chi connectivity index (χ1n) is 10.4. The molecule has 0 aromatic heterocycles. The quantitative estimate of drug-likeness (QED) is 0.299. The third kappa shape index (κ3) is 10.4. The van der Waals surface area contributed by atoms with Gasteiger partial charge in [-0.3, -0.25) is 0 Å². The van der Waals surface area contributed by atoms with Gasteiger partial charge in [0.2, 0.25) is 0 Å². The van der Waals surface area contributed by atoms with Gasteiger partial charge in [-0.2, -0.15) is 0 Å². The van der Waals surface area contributed by atoms with Crippen molar-refractivity contribution < 1.29 is 13.3 Å². The van der Waals surface area contributed by atoms with Gasteiger partial charge < -0.3 is 18.6 Å². The van der Waals surface area contributed by atoms with Gasteiger partial charge in [-0.15, -0.1) is 0 Å². The van der Waals surface area contributed by atoms with Crippen LogP contribution >= 0.6 is 0 Å². The van der Waals surface area contributed by atoms with Gasteiger partial charge in [0.05, 0.1) is 0 Å². The Balaban J connectivity index is 2.03. The molecule has 0 aliphatic heterocycles. The van der Waals surface area contributed by atoms with Crippen LogP contribution in [0.15, 0.2) is 30.3 Å². The topological polar surface area (TPSA) is 39.7 Å². The summed E-state index contributed by atoms with van der Waals surface area (Å²) < 4.78 is 17.7. The van der Waals surface area contributed by atoms with Crippen molar-refractivity contribution in [2.75, 3.05) is 26.4 Å². The highest BCUT2D eigenvalue weighted by Gasteiger charge is 2.39. The van der Waals surface area contributed by atoms with Crippen LogP contribution in [0.4, 0.5) is 0 Å². The molecule has 1 aromatic rings. The Bertz CT molecular complexity index is 414. The lowest BCUT2D eigenvalue weighted by Crippen LogP contribution is -2.45. The van der Waals surface area contributed by atoms with Crippen LogP contribution in [0.1, 0.15) is 64.9 Å². The van der Waals surface area contributed by atoms with Crippen LogP contribution in [-0.2, 0) is 19.8 Å². The number of nitrogens with one attached hydrogen (secondary N) is 1. The molecule has 0 fully saturated rings. The van der Waals surface area contributed by atoms with Crippen molar-refractivity contribution in [3.63, 3.8) is 0 Å². The number of benzene rings is 1. The summed E-state index contributed by atoms with van der Waals surface area (Å²) in [5, 5.41) is 3.52. The minimum absolute atomic E-state index is 0.669. The van der Waals surface area contributed by atoms with Gasteiger partial charge in [0.1, 0.15) is 0 Å². The maximum absolute atomic E-state index is 5.91. The molecule has 1 N–H and O–H groups in total.